The largest absolute Gasteiger partial charge is 0.368 e. The molecule has 0 radical (unpaired) electrons. The predicted octanol–water partition coefficient (Wildman–Crippen LogP) is 1.60. The van der Waals surface area contributed by atoms with E-state index in [-0.39, 0.29) is 0 Å². The third-order valence-electron chi connectivity index (χ3n) is 6.60. The van der Waals surface area contributed by atoms with E-state index in [1.165, 1.54) is 17.8 Å². The van der Waals surface area contributed by atoms with Crippen molar-refractivity contribution in [3.8, 4) is 0 Å². The van der Waals surface area contributed by atoms with Gasteiger partial charge in [-0.25, -0.2) is 0 Å². The number of piperidine rings is 1. The zero-order valence-electron chi connectivity index (χ0n) is 13.8. The Bertz CT molecular complexity index is 623. The van der Waals surface area contributed by atoms with Gasteiger partial charge in [-0.2, -0.15) is 0 Å². The molecular formula is C19H25N3O. The second-order valence-corrected chi connectivity index (χ2v) is 7.66. The molecule has 2 atom stereocenters. The van der Waals surface area contributed by atoms with Gasteiger partial charge in [0.05, 0.1) is 0 Å². The highest BCUT2D eigenvalue weighted by molar-refractivity contribution is 5.76. The van der Waals surface area contributed by atoms with E-state index in [9.17, 15) is 4.79 Å². The molecule has 1 amide bonds. The van der Waals surface area contributed by atoms with Crippen molar-refractivity contribution < 1.29 is 4.79 Å². The second kappa shape index (κ2) is 4.73. The molecule has 2 bridgehead atoms. The summed E-state index contributed by atoms with van der Waals surface area (Å²) in [5.74, 6) is 2.21. The number of piperazine rings is 1. The van der Waals surface area contributed by atoms with Gasteiger partial charge in [0.25, 0.3) is 0 Å². The van der Waals surface area contributed by atoms with Crippen molar-refractivity contribution in [3.05, 3.63) is 29.8 Å². The summed E-state index contributed by atoms with van der Waals surface area (Å²) in [6.07, 6.45) is 1.63. The van der Waals surface area contributed by atoms with E-state index in [1.54, 1.807) is 0 Å². The fraction of sp³-hybridized carbons (Fsp3) is 0.632. The first kappa shape index (κ1) is 13.8. The topological polar surface area (TPSA) is 35.6 Å². The summed E-state index contributed by atoms with van der Waals surface area (Å²) in [6.45, 7) is 6.88. The van der Waals surface area contributed by atoms with E-state index in [2.05, 4.69) is 41.4 Å². The molecule has 1 N–H and O–H groups in total. The van der Waals surface area contributed by atoms with Gasteiger partial charge in [0.2, 0.25) is 5.91 Å². The number of carbonyl (C=O) groups is 1. The maximum absolute atomic E-state index is 12.0. The molecule has 3 saturated heterocycles. The minimum atomic E-state index is 0.317. The number of nitrogens with one attached hydrogen (secondary N) is 1. The number of nitrogens with zero attached hydrogens (tertiary/aromatic N) is 2. The first-order valence-corrected chi connectivity index (χ1v) is 9.12. The molecule has 1 aromatic carbocycles. The van der Waals surface area contributed by atoms with Crippen molar-refractivity contribution in [2.75, 3.05) is 37.6 Å². The Morgan fingerprint density at radius 3 is 2.43 bits per heavy atom. The summed E-state index contributed by atoms with van der Waals surface area (Å²) in [4.78, 5) is 16.4. The van der Waals surface area contributed by atoms with Gasteiger partial charge in [0, 0.05) is 56.3 Å². The number of carbonyl (C=O) groups excluding carboxylic acids is 1. The van der Waals surface area contributed by atoms with Crippen LogP contribution >= 0.6 is 0 Å². The maximum Gasteiger partial charge on any atom is 0.222 e. The van der Waals surface area contributed by atoms with Crippen LogP contribution in [-0.2, 0) is 10.2 Å². The number of anilines is 1. The number of hydrogen-bond donors (Lipinski definition) is 1. The maximum atomic E-state index is 12.0. The van der Waals surface area contributed by atoms with Gasteiger partial charge in [-0.05, 0) is 36.0 Å². The van der Waals surface area contributed by atoms with E-state index in [4.69, 9.17) is 0 Å². The lowest BCUT2D eigenvalue weighted by Crippen LogP contribution is -2.48. The molecule has 23 heavy (non-hydrogen) atoms. The number of amides is 1. The van der Waals surface area contributed by atoms with Gasteiger partial charge in [0.15, 0.2) is 0 Å². The number of rotatable bonds is 4. The molecule has 5 fully saturated rings. The van der Waals surface area contributed by atoms with E-state index in [0.29, 0.717) is 17.7 Å². The second-order valence-electron chi connectivity index (χ2n) is 7.66. The van der Waals surface area contributed by atoms with Gasteiger partial charge in [-0.15, -0.1) is 0 Å². The zero-order valence-corrected chi connectivity index (χ0v) is 13.8. The van der Waals surface area contributed by atoms with Crippen molar-refractivity contribution in [2.24, 2.45) is 11.8 Å². The summed E-state index contributed by atoms with van der Waals surface area (Å²) in [7, 11) is 0. The van der Waals surface area contributed by atoms with Crippen molar-refractivity contribution >= 4 is 11.6 Å². The minimum absolute atomic E-state index is 0.317. The number of hydrogen-bond acceptors (Lipinski definition) is 3. The molecule has 3 heterocycles. The molecule has 2 saturated carbocycles. The molecule has 0 aromatic heterocycles. The molecule has 4 heteroatoms. The Labute approximate surface area is 137 Å². The van der Waals surface area contributed by atoms with Crippen LogP contribution in [0, 0.1) is 11.8 Å². The highest BCUT2D eigenvalue weighted by Gasteiger charge is 2.87. The molecule has 2 unspecified atom stereocenters. The van der Waals surface area contributed by atoms with Gasteiger partial charge < -0.3 is 15.1 Å². The third kappa shape index (κ3) is 1.84. The summed E-state index contributed by atoms with van der Waals surface area (Å²) >= 11 is 0. The standard InChI is InChI=1S/C19H25N3O/c1-2-3-15(23)22-10-8-21(9-11-22)14-6-4-13(5-7-14)19-12-20-18-16(19)17(18)19/h4-7,16-18,20H,2-3,8-12H2,1H3. The molecule has 0 spiro atoms. The monoisotopic (exact) mass is 311 g/mol. The highest BCUT2D eigenvalue weighted by Crippen LogP contribution is 2.80. The Morgan fingerprint density at radius 2 is 1.87 bits per heavy atom. The molecule has 6 rings (SSSR count). The molecule has 2 aliphatic carbocycles. The van der Waals surface area contributed by atoms with E-state index in [1.807, 2.05) is 4.90 Å². The van der Waals surface area contributed by atoms with Crippen LogP contribution in [0.1, 0.15) is 25.3 Å². The molecule has 122 valence electrons. The van der Waals surface area contributed by atoms with Crippen LogP contribution in [-0.4, -0.2) is 49.6 Å². The first-order chi connectivity index (χ1) is 11.3. The Kier molecular flexibility index (Phi) is 2.85. The summed E-state index contributed by atoms with van der Waals surface area (Å²) in [5.41, 5.74) is 3.35. The van der Waals surface area contributed by atoms with Crippen LogP contribution in [0.3, 0.4) is 0 Å². The van der Waals surface area contributed by atoms with Crippen LogP contribution < -0.4 is 10.2 Å². The average molecular weight is 311 g/mol. The number of benzene rings is 1. The normalized spacial score (nSPS) is 36.8. The van der Waals surface area contributed by atoms with Crippen LogP contribution in [0.4, 0.5) is 5.69 Å². The molecule has 3 aliphatic heterocycles. The van der Waals surface area contributed by atoms with Crippen molar-refractivity contribution in [1.29, 1.82) is 0 Å². The van der Waals surface area contributed by atoms with Gasteiger partial charge in [-0.1, -0.05) is 19.1 Å². The van der Waals surface area contributed by atoms with E-state index < -0.39 is 0 Å². The quantitative estimate of drug-likeness (QED) is 0.917. The summed E-state index contributed by atoms with van der Waals surface area (Å²) in [5, 5.41) is 3.63. The lowest BCUT2D eigenvalue weighted by Gasteiger charge is -2.36. The molecule has 5 aliphatic rings. The third-order valence-corrected chi connectivity index (χ3v) is 6.60. The summed E-state index contributed by atoms with van der Waals surface area (Å²) in [6, 6.07) is 10.1. The van der Waals surface area contributed by atoms with Gasteiger partial charge in [-0.3, -0.25) is 4.79 Å². The lowest BCUT2D eigenvalue weighted by atomic mass is 9.88. The minimum Gasteiger partial charge on any atom is -0.368 e. The zero-order chi connectivity index (χ0) is 15.6. The molecular weight excluding hydrogens is 286 g/mol. The van der Waals surface area contributed by atoms with Gasteiger partial charge in [0.1, 0.15) is 0 Å². The lowest BCUT2D eigenvalue weighted by molar-refractivity contribution is -0.131. The average Bonchev–Trinajstić information content (AvgIpc) is 3.39. The van der Waals surface area contributed by atoms with Crippen molar-refractivity contribution in [2.45, 2.75) is 31.2 Å². The summed E-state index contributed by atoms with van der Waals surface area (Å²) < 4.78 is 0. The Hall–Kier alpha value is -1.55. The Balaban J connectivity index is 1.23. The predicted molar refractivity (Wildman–Crippen MR) is 90.6 cm³/mol. The van der Waals surface area contributed by atoms with E-state index in [0.717, 1.165) is 50.5 Å². The van der Waals surface area contributed by atoms with Gasteiger partial charge >= 0.3 is 0 Å². The van der Waals surface area contributed by atoms with Crippen LogP contribution in [0.2, 0.25) is 0 Å². The molecule has 1 aromatic rings. The van der Waals surface area contributed by atoms with Crippen LogP contribution in [0.5, 0.6) is 0 Å². The fourth-order valence-electron chi connectivity index (χ4n) is 5.16. The smallest absolute Gasteiger partial charge is 0.222 e. The van der Waals surface area contributed by atoms with Crippen molar-refractivity contribution in [3.63, 3.8) is 0 Å². The SMILES string of the molecule is CCCC(=O)N1CCN(c2ccc(C34CNC5C3C54)cc2)CC1. The van der Waals surface area contributed by atoms with Crippen molar-refractivity contribution in [1.82, 2.24) is 10.2 Å². The Morgan fingerprint density at radius 1 is 1.17 bits per heavy atom. The van der Waals surface area contributed by atoms with E-state index >= 15 is 0 Å². The highest BCUT2D eigenvalue weighted by atomic mass is 16.2. The first-order valence-electron chi connectivity index (χ1n) is 9.12. The number of fused-ring (bicyclic) bond motifs is 1. The van der Waals surface area contributed by atoms with Crippen LogP contribution in [0.25, 0.3) is 0 Å². The molecule has 4 nitrogen and oxygen atoms in total. The van der Waals surface area contributed by atoms with Crippen LogP contribution in [0.15, 0.2) is 24.3 Å². The fourth-order valence-corrected chi connectivity index (χ4v) is 5.16.